The molecule has 1 aromatic rings. The van der Waals surface area contributed by atoms with Crippen LogP contribution in [0.25, 0.3) is 0 Å². The van der Waals surface area contributed by atoms with Crippen LogP contribution in [0.15, 0.2) is 6.07 Å². The maximum absolute atomic E-state index is 12.0. The van der Waals surface area contributed by atoms with Crippen molar-refractivity contribution >= 4 is 23.2 Å². The van der Waals surface area contributed by atoms with Gasteiger partial charge >= 0.3 is 5.97 Å². The lowest BCUT2D eigenvalue weighted by Crippen LogP contribution is -2.29. The van der Waals surface area contributed by atoms with Crippen LogP contribution in [0.4, 0.5) is 0 Å². The Morgan fingerprint density at radius 2 is 2.29 bits per heavy atom. The molecule has 1 heterocycles. The zero-order chi connectivity index (χ0) is 15.2. The van der Waals surface area contributed by atoms with Gasteiger partial charge in [-0.25, -0.2) is 4.79 Å². The minimum absolute atomic E-state index is 0.193. The zero-order valence-corrected chi connectivity index (χ0v) is 13.6. The lowest BCUT2D eigenvalue weighted by Gasteiger charge is -2.16. The highest BCUT2D eigenvalue weighted by atomic mass is 32.1. The molecule has 4 nitrogen and oxygen atoms in total. The molecule has 1 N–H and O–H groups in total. The van der Waals surface area contributed by atoms with Gasteiger partial charge < -0.3 is 10.1 Å². The molecule has 1 aliphatic rings. The summed E-state index contributed by atoms with van der Waals surface area (Å²) in [4.78, 5) is 25.4. The van der Waals surface area contributed by atoms with Crippen LogP contribution in [-0.4, -0.2) is 25.0 Å². The van der Waals surface area contributed by atoms with Gasteiger partial charge in [0.25, 0.3) is 5.91 Å². The molecule has 0 saturated carbocycles. The molecule has 1 amide bonds. The predicted molar refractivity (Wildman–Crippen MR) is 83.7 cm³/mol. The highest BCUT2D eigenvalue weighted by Gasteiger charge is 2.21. The van der Waals surface area contributed by atoms with Crippen molar-refractivity contribution in [1.82, 2.24) is 5.32 Å². The summed E-state index contributed by atoms with van der Waals surface area (Å²) >= 11 is 1.51. The van der Waals surface area contributed by atoms with Gasteiger partial charge in [0.15, 0.2) is 6.61 Å². The number of rotatable bonds is 6. The third kappa shape index (κ3) is 4.56. The molecule has 0 spiro atoms. The second-order valence-electron chi connectivity index (χ2n) is 5.69. The maximum atomic E-state index is 12.0. The van der Waals surface area contributed by atoms with Gasteiger partial charge in [-0.1, -0.05) is 20.3 Å². The van der Waals surface area contributed by atoms with Crippen LogP contribution in [0.2, 0.25) is 0 Å². The average molecular weight is 309 g/mol. The van der Waals surface area contributed by atoms with Crippen LogP contribution in [-0.2, 0) is 22.4 Å². The fourth-order valence-corrected chi connectivity index (χ4v) is 3.57. The fourth-order valence-electron chi connectivity index (χ4n) is 2.46. The summed E-state index contributed by atoms with van der Waals surface area (Å²) in [5.74, 6) is 0.0692. The lowest BCUT2D eigenvalue weighted by molar-refractivity contribution is -0.124. The van der Waals surface area contributed by atoms with E-state index >= 15 is 0 Å². The van der Waals surface area contributed by atoms with E-state index < -0.39 is 0 Å². The Hall–Kier alpha value is -1.36. The SMILES string of the molecule is CCCCNC(=O)COC(=O)c1cc2c(s1)CC[C@@H](C)C2. The Morgan fingerprint density at radius 1 is 1.48 bits per heavy atom. The third-order valence-electron chi connectivity index (χ3n) is 3.72. The molecule has 116 valence electrons. The number of nitrogens with one attached hydrogen (secondary N) is 1. The molecular weight excluding hydrogens is 286 g/mol. The van der Waals surface area contributed by atoms with E-state index in [-0.39, 0.29) is 18.5 Å². The van der Waals surface area contributed by atoms with Crippen molar-refractivity contribution in [2.24, 2.45) is 5.92 Å². The number of hydrogen-bond donors (Lipinski definition) is 1. The molecule has 5 heteroatoms. The highest BCUT2D eigenvalue weighted by Crippen LogP contribution is 2.32. The second kappa shape index (κ2) is 7.59. The van der Waals surface area contributed by atoms with Gasteiger partial charge in [-0.05, 0) is 43.2 Å². The van der Waals surface area contributed by atoms with Crippen molar-refractivity contribution in [3.05, 3.63) is 21.4 Å². The first-order valence-electron chi connectivity index (χ1n) is 7.65. The third-order valence-corrected chi connectivity index (χ3v) is 4.93. The summed E-state index contributed by atoms with van der Waals surface area (Å²) in [6.07, 6.45) is 5.24. The summed E-state index contributed by atoms with van der Waals surface area (Å²) in [5, 5.41) is 2.73. The molecular formula is C16H23NO3S. The molecule has 1 atom stereocenters. The van der Waals surface area contributed by atoms with Crippen LogP contribution >= 0.6 is 11.3 Å². The molecule has 21 heavy (non-hydrogen) atoms. The van der Waals surface area contributed by atoms with Crippen LogP contribution < -0.4 is 5.32 Å². The Labute approximate surface area is 129 Å². The normalized spacial score (nSPS) is 17.1. The van der Waals surface area contributed by atoms with Gasteiger partial charge in [0.1, 0.15) is 4.88 Å². The van der Waals surface area contributed by atoms with Crippen molar-refractivity contribution in [1.29, 1.82) is 0 Å². The smallest absolute Gasteiger partial charge is 0.348 e. The van der Waals surface area contributed by atoms with Gasteiger partial charge in [0, 0.05) is 11.4 Å². The molecule has 1 aliphatic carbocycles. The van der Waals surface area contributed by atoms with Gasteiger partial charge in [0.2, 0.25) is 0 Å². The Kier molecular flexibility index (Phi) is 5.79. The molecule has 0 fully saturated rings. The van der Waals surface area contributed by atoms with Crippen LogP contribution in [0.5, 0.6) is 0 Å². The van der Waals surface area contributed by atoms with E-state index in [1.807, 2.05) is 6.07 Å². The van der Waals surface area contributed by atoms with Crippen LogP contribution in [0.3, 0.4) is 0 Å². The lowest BCUT2D eigenvalue weighted by atomic mass is 9.90. The first-order valence-corrected chi connectivity index (χ1v) is 8.47. The van der Waals surface area contributed by atoms with E-state index in [9.17, 15) is 9.59 Å². The van der Waals surface area contributed by atoms with E-state index in [2.05, 4.69) is 19.2 Å². The number of thiophene rings is 1. The number of esters is 1. The van der Waals surface area contributed by atoms with E-state index in [1.54, 1.807) is 0 Å². The van der Waals surface area contributed by atoms with Gasteiger partial charge in [0.05, 0.1) is 0 Å². The number of hydrogen-bond acceptors (Lipinski definition) is 4. The Bertz CT molecular complexity index is 510. The topological polar surface area (TPSA) is 55.4 Å². The minimum atomic E-state index is -0.382. The van der Waals surface area contributed by atoms with Crippen LogP contribution in [0.1, 0.15) is 53.2 Å². The number of unbranched alkanes of at least 4 members (excludes halogenated alkanes) is 1. The van der Waals surface area contributed by atoms with Crippen LogP contribution in [0, 0.1) is 5.92 Å². The molecule has 0 bridgehead atoms. The number of ether oxygens (including phenoxy) is 1. The van der Waals surface area contributed by atoms with Gasteiger partial charge in [-0.15, -0.1) is 11.3 Å². The fraction of sp³-hybridized carbons (Fsp3) is 0.625. The summed E-state index contributed by atoms with van der Waals surface area (Å²) in [6, 6.07) is 1.94. The number of aryl methyl sites for hydroxylation is 1. The average Bonchev–Trinajstić information content (AvgIpc) is 2.88. The summed E-state index contributed by atoms with van der Waals surface area (Å²) < 4.78 is 5.08. The zero-order valence-electron chi connectivity index (χ0n) is 12.7. The monoisotopic (exact) mass is 309 g/mol. The number of carbonyl (C=O) groups is 2. The Morgan fingerprint density at radius 3 is 3.05 bits per heavy atom. The van der Waals surface area contributed by atoms with Crippen molar-refractivity contribution in [2.75, 3.05) is 13.2 Å². The summed E-state index contributed by atoms with van der Waals surface area (Å²) in [7, 11) is 0. The van der Waals surface area contributed by atoms with E-state index in [0.29, 0.717) is 17.3 Å². The number of fused-ring (bicyclic) bond motifs is 1. The first-order chi connectivity index (χ1) is 10.1. The summed E-state index contributed by atoms with van der Waals surface area (Å²) in [6.45, 7) is 4.74. The van der Waals surface area contributed by atoms with Crippen molar-refractivity contribution in [2.45, 2.75) is 46.0 Å². The van der Waals surface area contributed by atoms with Gasteiger partial charge in [-0.2, -0.15) is 0 Å². The second-order valence-corrected chi connectivity index (χ2v) is 6.82. The molecule has 0 saturated heterocycles. The standard InChI is InChI=1S/C16H23NO3S/c1-3-4-7-17-15(18)10-20-16(19)14-9-12-8-11(2)5-6-13(12)21-14/h9,11H,3-8,10H2,1-2H3,(H,17,18)/t11-/m1/s1. The van der Waals surface area contributed by atoms with E-state index in [0.717, 1.165) is 25.7 Å². The van der Waals surface area contributed by atoms with Gasteiger partial charge in [-0.3, -0.25) is 4.79 Å². The largest absolute Gasteiger partial charge is 0.451 e. The van der Waals surface area contributed by atoms with Crippen molar-refractivity contribution in [3.8, 4) is 0 Å². The first kappa shape index (κ1) is 16.0. The number of carbonyl (C=O) groups excluding carboxylic acids is 2. The van der Waals surface area contributed by atoms with Crippen molar-refractivity contribution < 1.29 is 14.3 Å². The molecule has 0 radical (unpaired) electrons. The minimum Gasteiger partial charge on any atom is -0.451 e. The molecule has 0 aliphatic heterocycles. The molecule has 0 unspecified atom stereocenters. The molecule has 1 aromatic heterocycles. The van der Waals surface area contributed by atoms with E-state index in [1.165, 1.54) is 28.2 Å². The quantitative estimate of drug-likeness (QED) is 0.649. The summed E-state index contributed by atoms with van der Waals surface area (Å²) in [5.41, 5.74) is 1.28. The molecule has 2 rings (SSSR count). The maximum Gasteiger partial charge on any atom is 0.348 e. The van der Waals surface area contributed by atoms with E-state index in [4.69, 9.17) is 4.74 Å². The Balaban J connectivity index is 1.82. The predicted octanol–water partition coefficient (Wildman–Crippen LogP) is 2.95. The van der Waals surface area contributed by atoms with Crippen molar-refractivity contribution in [3.63, 3.8) is 0 Å². The number of amides is 1. The highest BCUT2D eigenvalue weighted by molar-refractivity contribution is 7.14. The molecule has 0 aromatic carbocycles.